The van der Waals surface area contributed by atoms with Crippen LogP contribution in [0.2, 0.25) is 0 Å². The topological polar surface area (TPSA) is 110 Å². The highest BCUT2D eigenvalue weighted by atomic mass is 32.2. The summed E-state index contributed by atoms with van der Waals surface area (Å²) in [4.78, 5) is 25.1. The molecule has 0 saturated carbocycles. The van der Waals surface area contributed by atoms with Crippen LogP contribution in [0.3, 0.4) is 0 Å². The zero-order chi connectivity index (χ0) is 16.3. The van der Waals surface area contributed by atoms with Gasteiger partial charge in [-0.1, -0.05) is 0 Å². The van der Waals surface area contributed by atoms with Gasteiger partial charge in [0.1, 0.15) is 0 Å². The fourth-order valence-corrected chi connectivity index (χ4v) is 2.94. The number of rotatable bonds is 3. The van der Waals surface area contributed by atoms with E-state index in [4.69, 9.17) is 5.14 Å². The van der Waals surface area contributed by atoms with Gasteiger partial charge in [0.05, 0.1) is 4.90 Å². The van der Waals surface area contributed by atoms with Gasteiger partial charge in [-0.15, -0.1) is 0 Å². The normalized spacial score (nSPS) is 16.4. The van der Waals surface area contributed by atoms with E-state index in [0.29, 0.717) is 31.6 Å². The molecule has 0 aromatic heterocycles. The van der Waals surface area contributed by atoms with E-state index in [9.17, 15) is 18.0 Å². The van der Waals surface area contributed by atoms with Crippen molar-refractivity contribution in [2.45, 2.75) is 24.7 Å². The SMILES string of the molecule is CC(=O)N1CCC(C(=O)Nc2ccc(S(N)(=O)=O)cc2)CC1. The first-order valence-corrected chi connectivity index (χ1v) is 8.51. The van der Waals surface area contributed by atoms with Crippen LogP contribution in [-0.4, -0.2) is 38.2 Å². The van der Waals surface area contributed by atoms with Crippen molar-refractivity contribution in [1.29, 1.82) is 0 Å². The van der Waals surface area contributed by atoms with Crippen molar-refractivity contribution in [1.82, 2.24) is 4.90 Å². The first-order valence-electron chi connectivity index (χ1n) is 6.96. The lowest BCUT2D eigenvalue weighted by atomic mass is 9.96. The van der Waals surface area contributed by atoms with Gasteiger partial charge in [0.15, 0.2) is 0 Å². The summed E-state index contributed by atoms with van der Waals surface area (Å²) in [5.41, 5.74) is 0.520. The van der Waals surface area contributed by atoms with Gasteiger partial charge in [-0.2, -0.15) is 0 Å². The maximum absolute atomic E-state index is 12.2. The number of nitrogens with two attached hydrogens (primary N) is 1. The molecule has 0 spiro atoms. The molecule has 1 aromatic rings. The summed E-state index contributed by atoms with van der Waals surface area (Å²) in [7, 11) is -3.73. The summed E-state index contributed by atoms with van der Waals surface area (Å²) >= 11 is 0. The number of anilines is 1. The van der Waals surface area contributed by atoms with Crippen molar-refractivity contribution in [2.75, 3.05) is 18.4 Å². The van der Waals surface area contributed by atoms with Crippen molar-refractivity contribution in [3.8, 4) is 0 Å². The van der Waals surface area contributed by atoms with Gasteiger partial charge in [0, 0.05) is 31.6 Å². The number of hydrogen-bond donors (Lipinski definition) is 2. The number of nitrogens with one attached hydrogen (secondary N) is 1. The van der Waals surface area contributed by atoms with Gasteiger partial charge in [-0.25, -0.2) is 13.6 Å². The number of nitrogens with zero attached hydrogens (tertiary/aromatic N) is 1. The number of benzene rings is 1. The Hall–Kier alpha value is -1.93. The molecule has 1 aliphatic heterocycles. The molecule has 1 saturated heterocycles. The molecule has 0 unspecified atom stereocenters. The summed E-state index contributed by atoms with van der Waals surface area (Å²) in [5.74, 6) is -0.238. The second-order valence-electron chi connectivity index (χ2n) is 5.34. The van der Waals surface area contributed by atoms with Crippen molar-refractivity contribution in [2.24, 2.45) is 11.1 Å². The molecule has 22 heavy (non-hydrogen) atoms. The second-order valence-corrected chi connectivity index (χ2v) is 6.90. The first kappa shape index (κ1) is 16.4. The molecule has 0 bridgehead atoms. The third-order valence-electron chi connectivity index (χ3n) is 3.76. The Morgan fingerprint density at radius 3 is 2.18 bits per heavy atom. The van der Waals surface area contributed by atoms with Crippen LogP contribution in [0.15, 0.2) is 29.2 Å². The lowest BCUT2D eigenvalue weighted by molar-refractivity contribution is -0.132. The number of hydrogen-bond acceptors (Lipinski definition) is 4. The average Bonchev–Trinajstić information content (AvgIpc) is 2.47. The van der Waals surface area contributed by atoms with Gasteiger partial charge in [0.25, 0.3) is 0 Å². The molecule has 8 heteroatoms. The van der Waals surface area contributed by atoms with Gasteiger partial charge in [-0.3, -0.25) is 9.59 Å². The van der Waals surface area contributed by atoms with E-state index in [-0.39, 0.29) is 22.6 Å². The number of carbonyl (C=O) groups excluding carboxylic acids is 2. The minimum atomic E-state index is -3.73. The molecule has 7 nitrogen and oxygen atoms in total. The van der Waals surface area contributed by atoms with E-state index in [2.05, 4.69) is 5.32 Å². The third-order valence-corrected chi connectivity index (χ3v) is 4.69. The summed E-state index contributed by atoms with van der Waals surface area (Å²) < 4.78 is 22.3. The molecule has 0 atom stereocenters. The van der Waals surface area contributed by atoms with Gasteiger partial charge < -0.3 is 10.2 Å². The van der Waals surface area contributed by atoms with Crippen LogP contribution in [0.5, 0.6) is 0 Å². The Morgan fingerprint density at radius 2 is 1.73 bits per heavy atom. The van der Waals surface area contributed by atoms with E-state index < -0.39 is 10.0 Å². The number of primary sulfonamides is 1. The molecule has 0 aliphatic carbocycles. The van der Waals surface area contributed by atoms with Crippen molar-refractivity contribution >= 4 is 27.5 Å². The Labute approximate surface area is 129 Å². The predicted octanol–water partition coefficient (Wildman–Crippen LogP) is 0.531. The second kappa shape index (κ2) is 6.45. The number of piperidine rings is 1. The molecule has 1 aromatic carbocycles. The molecule has 2 amide bonds. The maximum Gasteiger partial charge on any atom is 0.238 e. The van der Waals surface area contributed by atoms with E-state index in [0.717, 1.165) is 0 Å². The van der Waals surface area contributed by atoms with E-state index in [1.807, 2.05) is 0 Å². The fraction of sp³-hybridized carbons (Fsp3) is 0.429. The van der Waals surface area contributed by atoms with E-state index >= 15 is 0 Å². The number of carbonyl (C=O) groups is 2. The zero-order valence-corrected chi connectivity index (χ0v) is 13.1. The standard InChI is InChI=1S/C14H19N3O4S/c1-10(18)17-8-6-11(7-9-17)14(19)16-12-2-4-13(5-3-12)22(15,20)21/h2-5,11H,6-9H2,1H3,(H,16,19)(H2,15,20,21). The molecule has 2 rings (SSSR count). The largest absolute Gasteiger partial charge is 0.343 e. The Morgan fingerprint density at radius 1 is 1.18 bits per heavy atom. The Kier molecular flexibility index (Phi) is 4.82. The summed E-state index contributed by atoms with van der Waals surface area (Å²) in [6.45, 7) is 2.68. The first-order chi connectivity index (χ1) is 10.3. The summed E-state index contributed by atoms with van der Waals surface area (Å²) in [6, 6.07) is 5.71. The molecule has 3 N–H and O–H groups in total. The number of likely N-dealkylation sites (tertiary alicyclic amines) is 1. The number of sulfonamides is 1. The van der Waals surface area contributed by atoms with Gasteiger partial charge >= 0.3 is 0 Å². The van der Waals surface area contributed by atoms with Crippen molar-refractivity contribution in [3.05, 3.63) is 24.3 Å². The summed E-state index contributed by atoms with van der Waals surface area (Å²) in [6.07, 6.45) is 1.25. The molecular formula is C14H19N3O4S. The molecule has 0 radical (unpaired) electrons. The van der Waals surface area contributed by atoms with Crippen molar-refractivity contribution < 1.29 is 18.0 Å². The fourth-order valence-electron chi connectivity index (χ4n) is 2.43. The highest BCUT2D eigenvalue weighted by Gasteiger charge is 2.26. The predicted molar refractivity (Wildman–Crippen MR) is 81.4 cm³/mol. The van der Waals surface area contributed by atoms with Crippen LogP contribution in [-0.2, 0) is 19.6 Å². The summed E-state index contributed by atoms with van der Waals surface area (Å²) in [5, 5.41) is 7.77. The molecule has 1 aliphatic rings. The monoisotopic (exact) mass is 325 g/mol. The van der Waals surface area contributed by atoms with Crippen LogP contribution in [0.1, 0.15) is 19.8 Å². The zero-order valence-electron chi connectivity index (χ0n) is 12.3. The average molecular weight is 325 g/mol. The van der Waals surface area contributed by atoms with Crippen LogP contribution < -0.4 is 10.5 Å². The van der Waals surface area contributed by atoms with Gasteiger partial charge in [-0.05, 0) is 37.1 Å². The Balaban J connectivity index is 1.94. The smallest absolute Gasteiger partial charge is 0.238 e. The van der Waals surface area contributed by atoms with Crippen LogP contribution in [0.25, 0.3) is 0 Å². The third kappa shape index (κ3) is 4.05. The minimum Gasteiger partial charge on any atom is -0.343 e. The lowest BCUT2D eigenvalue weighted by Gasteiger charge is -2.30. The van der Waals surface area contributed by atoms with Crippen LogP contribution in [0, 0.1) is 5.92 Å². The highest BCUT2D eigenvalue weighted by molar-refractivity contribution is 7.89. The Bertz CT molecular complexity index is 662. The molecule has 1 heterocycles. The lowest BCUT2D eigenvalue weighted by Crippen LogP contribution is -2.40. The van der Waals surface area contributed by atoms with E-state index in [1.165, 1.54) is 31.2 Å². The van der Waals surface area contributed by atoms with Crippen molar-refractivity contribution in [3.63, 3.8) is 0 Å². The molecule has 120 valence electrons. The quantitative estimate of drug-likeness (QED) is 0.844. The number of amides is 2. The van der Waals surface area contributed by atoms with E-state index in [1.54, 1.807) is 4.90 Å². The van der Waals surface area contributed by atoms with Gasteiger partial charge in [0.2, 0.25) is 21.8 Å². The minimum absolute atomic E-state index is 0.000246. The van der Waals surface area contributed by atoms with Crippen LogP contribution in [0.4, 0.5) is 5.69 Å². The maximum atomic E-state index is 12.2. The highest BCUT2D eigenvalue weighted by Crippen LogP contribution is 2.20. The molecular weight excluding hydrogens is 306 g/mol. The molecule has 1 fully saturated rings. The van der Waals surface area contributed by atoms with Crippen LogP contribution >= 0.6 is 0 Å².